The highest BCUT2D eigenvalue weighted by Gasteiger charge is 2.23. The molecule has 2 saturated heterocycles. The van der Waals surface area contributed by atoms with Crippen molar-refractivity contribution in [1.29, 1.82) is 0 Å². The molecule has 4 nitrogen and oxygen atoms in total. The summed E-state index contributed by atoms with van der Waals surface area (Å²) in [7, 11) is 0. The lowest BCUT2D eigenvalue weighted by atomic mass is 9.88. The van der Waals surface area contributed by atoms with E-state index in [9.17, 15) is 4.79 Å². The van der Waals surface area contributed by atoms with Crippen LogP contribution >= 0.6 is 0 Å². The Morgan fingerprint density at radius 2 is 1.58 bits per heavy atom. The molecule has 0 saturated carbocycles. The smallest absolute Gasteiger partial charge is 0.222 e. The molecule has 0 aromatic heterocycles. The van der Waals surface area contributed by atoms with Crippen LogP contribution < -0.4 is 0 Å². The zero-order valence-electron chi connectivity index (χ0n) is 16.5. The maximum absolute atomic E-state index is 12.4. The first-order valence-corrected chi connectivity index (χ1v) is 10.2. The molecule has 0 unspecified atom stereocenters. The van der Waals surface area contributed by atoms with Crippen LogP contribution in [0, 0.1) is 11.8 Å². The van der Waals surface area contributed by atoms with Crippen LogP contribution in [0.1, 0.15) is 59.8 Å². The molecule has 2 fully saturated rings. The third-order valence-electron chi connectivity index (χ3n) is 5.77. The van der Waals surface area contributed by atoms with Crippen molar-refractivity contribution in [3.05, 3.63) is 0 Å². The summed E-state index contributed by atoms with van der Waals surface area (Å²) >= 11 is 0. The Morgan fingerprint density at radius 3 is 2.12 bits per heavy atom. The lowest BCUT2D eigenvalue weighted by molar-refractivity contribution is -0.133. The molecule has 4 heteroatoms. The van der Waals surface area contributed by atoms with Crippen LogP contribution in [0.25, 0.3) is 0 Å². The number of rotatable bonds is 7. The summed E-state index contributed by atoms with van der Waals surface area (Å²) in [6.45, 7) is 16.6. The zero-order chi connectivity index (χ0) is 17.5. The molecule has 0 spiro atoms. The molecule has 140 valence electrons. The van der Waals surface area contributed by atoms with E-state index in [2.05, 4.69) is 42.4 Å². The Hall–Kier alpha value is -0.610. The van der Waals surface area contributed by atoms with Gasteiger partial charge in [0.1, 0.15) is 0 Å². The number of likely N-dealkylation sites (tertiary alicyclic amines) is 1. The molecular formula is C20H39N3O. The fourth-order valence-electron chi connectivity index (χ4n) is 4.21. The molecule has 2 rings (SSSR count). The predicted octanol–water partition coefficient (Wildman–Crippen LogP) is 3.08. The molecule has 2 aliphatic rings. The van der Waals surface area contributed by atoms with E-state index in [1.807, 2.05) is 0 Å². The molecule has 0 N–H and O–H groups in total. The molecule has 24 heavy (non-hydrogen) atoms. The van der Waals surface area contributed by atoms with E-state index >= 15 is 0 Å². The van der Waals surface area contributed by atoms with Gasteiger partial charge in [-0.15, -0.1) is 0 Å². The fourth-order valence-corrected chi connectivity index (χ4v) is 4.21. The first-order chi connectivity index (χ1) is 11.5. The number of carbonyl (C=O) groups is 1. The van der Waals surface area contributed by atoms with Gasteiger partial charge in [0.2, 0.25) is 5.91 Å². The van der Waals surface area contributed by atoms with Gasteiger partial charge in [0.05, 0.1) is 0 Å². The average Bonchev–Trinajstić information content (AvgIpc) is 2.56. The molecular weight excluding hydrogens is 298 g/mol. The number of carbonyl (C=O) groups excluding carboxylic acids is 1. The van der Waals surface area contributed by atoms with Gasteiger partial charge in [0, 0.05) is 38.6 Å². The van der Waals surface area contributed by atoms with Crippen molar-refractivity contribution in [3.8, 4) is 0 Å². The molecule has 2 heterocycles. The Bertz CT molecular complexity index is 367. The Morgan fingerprint density at radius 1 is 0.958 bits per heavy atom. The third kappa shape index (κ3) is 6.36. The van der Waals surface area contributed by atoms with Gasteiger partial charge in [-0.25, -0.2) is 0 Å². The summed E-state index contributed by atoms with van der Waals surface area (Å²) in [5.41, 5.74) is 0. The third-order valence-corrected chi connectivity index (χ3v) is 5.77. The van der Waals surface area contributed by atoms with Gasteiger partial charge in [-0.05, 0) is 71.0 Å². The van der Waals surface area contributed by atoms with Crippen molar-refractivity contribution in [2.45, 2.75) is 65.8 Å². The van der Waals surface area contributed by atoms with Gasteiger partial charge in [-0.2, -0.15) is 0 Å². The van der Waals surface area contributed by atoms with Gasteiger partial charge < -0.3 is 9.80 Å². The predicted molar refractivity (Wildman–Crippen MR) is 101 cm³/mol. The number of piperazine rings is 1. The highest BCUT2D eigenvalue weighted by molar-refractivity contribution is 5.76. The number of nitrogens with zero attached hydrogens (tertiary/aromatic N) is 3. The molecule has 0 bridgehead atoms. The Labute approximate surface area is 149 Å². The van der Waals surface area contributed by atoms with Crippen molar-refractivity contribution in [2.75, 3.05) is 45.8 Å². The Kier molecular flexibility index (Phi) is 8.02. The summed E-state index contributed by atoms with van der Waals surface area (Å²) < 4.78 is 0. The molecule has 0 aromatic carbocycles. The van der Waals surface area contributed by atoms with Gasteiger partial charge in [-0.3, -0.25) is 9.69 Å². The summed E-state index contributed by atoms with van der Waals surface area (Å²) in [5, 5.41) is 0. The van der Waals surface area contributed by atoms with Crippen molar-refractivity contribution >= 4 is 5.91 Å². The SMILES string of the molecule is CC(C)CC1CCN(CCCC(=O)N2CCN(C(C)C)CC2)CC1. The second-order valence-electron chi connectivity index (χ2n) is 8.53. The van der Waals surface area contributed by atoms with Crippen LogP contribution in [0.5, 0.6) is 0 Å². The molecule has 0 aliphatic carbocycles. The monoisotopic (exact) mass is 337 g/mol. The number of hydrogen-bond donors (Lipinski definition) is 0. The van der Waals surface area contributed by atoms with Gasteiger partial charge in [0.25, 0.3) is 0 Å². The number of hydrogen-bond acceptors (Lipinski definition) is 3. The second-order valence-corrected chi connectivity index (χ2v) is 8.53. The van der Waals surface area contributed by atoms with Crippen LogP contribution in [-0.4, -0.2) is 72.5 Å². The van der Waals surface area contributed by atoms with E-state index in [1.54, 1.807) is 0 Å². The largest absolute Gasteiger partial charge is 0.340 e. The lowest BCUT2D eigenvalue weighted by Gasteiger charge is -2.37. The van der Waals surface area contributed by atoms with E-state index in [0.29, 0.717) is 11.9 Å². The fraction of sp³-hybridized carbons (Fsp3) is 0.950. The molecule has 1 amide bonds. The second kappa shape index (κ2) is 9.76. The van der Waals surface area contributed by atoms with Crippen LogP contribution in [0.15, 0.2) is 0 Å². The van der Waals surface area contributed by atoms with Gasteiger partial charge >= 0.3 is 0 Å². The molecule has 0 aromatic rings. The normalized spacial score (nSPS) is 21.8. The standard InChI is InChI=1S/C20H39N3O/c1-17(2)16-19-7-10-21(11-8-19)9-5-6-20(24)23-14-12-22(13-15-23)18(3)4/h17-19H,5-16H2,1-4H3. The topological polar surface area (TPSA) is 26.8 Å². The van der Waals surface area contributed by atoms with E-state index in [1.165, 1.54) is 32.4 Å². The maximum atomic E-state index is 12.4. The van der Waals surface area contributed by atoms with Crippen molar-refractivity contribution in [1.82, 2.24) is 14.7 Å². The van der Waals surface area contributed by atoms with Crippen molar-refractivity contribution in [2.24, 2.45) is 11.8 Å². The minimum absolute atomic E-state index is 0.369. The quantitative estimate of drug-likeness (QED) is 0.714. The van der Waals surface area contributed by atoms with E-state index in [4.69, 9.17) is 0 Å². The summed E-state index contributed by atoms with van der Waals surface area (Å²) in [4.78, 5) is 19.5. The minimum Gasteiger partial charge on any atom is -0.340 e. The molecule has 0 atom stereocenters. The maximum Gasteiger partial charge on any atom is 0.222 e. The molecule has 0 radical (unpaired) electrons. The minimum atomic E-state index is 0.369. The average molecular weight is 338 g/mol. The first kappa shape index (κ1) is 19.7. The highest BCUT2D eigenvalue weighted by atomic mass is 16.2. The van der Waals surface area contributed by atoms with E-state index in [0.717, 1.165) is 57.4 Å². The summed E-state index contributed by atoms with van der Waals surface area (Å²) in [6, 6.07) is 0.598. The van der Waals surface area contributed by atoms with E-state index in [-0.39, 0.29) is 0 Å². The van der Waals surface area contributed by atoms with Gasteiger partial charge in [-0.1, -0.05) is 13.8 Å². The molecule has 2 aliphatic heterocycles. The lowest BCUT2D eigenvalue weighted by Crippen LogP contribution is -2.50. The van der Waals surface area contributed by atoms with Crippen LogP contribution in [0.2, 0.25) is 0 Å². The first-order valence-electron chi connectivity index (χ1n) is 10.2. The number of piperidine rings is 1. The van der Waals surface area contributed by atoms with Crippen molar-refractivity contribution < 1.29 is 4.79 Å². The Balaban J connectivity index is 1.57. The van der Waals surface area contributed by atoms with Crippen LogP contribution in [0.4, 0.5) is 0 Å². The van der Waals surface area contributed by atoms with Crippen LogP contribution in [0.3, 0.4) is 0 Å². The highest BCUT2D eigenvalue weighted by Crippen LogP contribution is 2.24. The summed E-state index contributed by atoms with van der Waals surface area (Å²) in [6.07, 6.45) is 5.84. The zero-order valence-corrected chi connectivity index (χ0v) is 16.5. The number of amides is 1. The van der Waals surface area contributed by atoms with Gasteiger partial charge in [0.15, 0.2) is 0 Å². The van der Waals surface area contributed by atoms with Crippen LogP contribution in [-0.2, 0) is 4.79 Å². The van der Waals surface area contributed by atoms with E-state index < -0.39 is 0 Å². The van der Waals surface area contributed by atoms with Crippen molar-refractivity contribution in [3.63, 3.8) is 0 Å². The summed E-state index contributed by atoms with van der Waals surface area (Å²) in [5.74, 6) is 2.13.